The van der Waals surface area contributed by atoms with Crippen LogP contribution >= 0.6 is 38.8 Å². The molecule has 2 aromatic rings. The average Bonchev–Trinajstić information content (AvgIpc) is 2.94. The second-order valence-corrected chi connectivity index (χ2v) is 6.78. The summed E-state index contributed by atoms with van der Waals surface area (Å²) in [6, 6.07) is 0. The van der Waals surface area contributed by atoms with Crippen molar-refractivity contribution in [2.24, 2.45) is 0 Å². The van der Waals surface area contributed by atoms with Crippen molar-refractivity contribution in [1.29, 1.82) is 0 Å². The summed E-state index contributed by atoms with van der Waals surface area (Å²) in [6.07, 6.45) is 4.14. The molecule has 1 saturated carbocycles. The number of rotatable bonds is 6. The molecule has 0 atom stereocenters. The summed E-state index contributed by atoms with van der Waals surface area (Å²) < 4.78 is 16.4. The molecule has 102 valence electrons. The molecule has 0 bridgehead atoms. The Bertz CT molecular complexity index is 539. The van der Waals surface area contributed by atoms with Crippen molar-refractivity contribution >= 4 is 38.8 Å². The third-order valence-corrected chi connectivity index (χ3v) is 5.30. The lowest BCUT2D eigenvalue weighted by Gasteiger charge is -2.24. The van der Waals surface area contributed by atoms with Crippen LogP contribution in [0.1, 0.15) is 30.0 Å². The van der Waals surface area contributed by atoms with Crippen molar-refractivity contribution in [1.82, 2.24) is 9.36 Å². The third kappa shape index (κ3) is 3.53. The fourth-order valence-corrected chi connectivity index (χ4v) is 3.42. The Morgan fingerprint density at radius 1 is 1.32 bits per heavy atom. The highest BCUT2D eigenvalue weighted by atomic mass is 79.9. The first kappa shape index (κ1) is 13.5. The maximum atomic E-state index is 5.74. The van der Waals surface area contributed by atoms with Crippen molar-refractivity contribution in [3.8, 4) is 5.88 Å². The largest absolute Gasteiger partial charge is 0.470 e. The highest BCUT2D eigenvalue weighted by molar-refractivity contribution is 9.10. The minimum atomic E-state index is 0.447. The van der Waals surface area contributed by atoms with E-state index in [9.17, 15) is 0 Å². The van der Waals surface area contributed by atoms with Gasteiger partial charge in [-0.25, -0.2) is 4.98 Å². The SMILES string of the molecule is Brc1csnc1OCc1csc(COC2CCC2)n1. The molecule has 2 aromatic heterocycles. The van der Waals surface area contributed by atoms with Crippen LogP contribution in [0, 0.1) is 0 Å². The molecular formula is C12H13BrN2O2S2. The fraction of sp³-hybridized carbons (Fsp3) is 0.500. The molecule has 0 aromatic carbocycles. The molecule has 4 nitrogen and oxygen atoms in total. The van der Waals surface area contributed by atoms with Gasteiger partial charge in [0.25, 0.3) is 0 Å². The van der Waals surface area contributed by atoms with E-state index >= 15 is 0 Å². The minimum Gasteiger partial charge on any atom is -0.470 e. The summed E-state index contributed by atoms with van der Waals surface area (Å²) in [5.74, 6) is 0.630. The molecule has 0 N–H and O–H groups in total. The molecule has 1 fully saturated rings. The van der Waals surface area contributed by atoms with E-state index < -0.39 is 0 Å². The van der Waals surface area contributed by atoms with Crippen molar-refractivity contribution in [3.05, 3.63) is 25.9 Å². The molecule has 1 aliphatic rings. The minimum absolute atomic E-state index is 0.447. The van der Waals surface area contributed by atoms with Crippen molar-refractivity contribution in [3.63, 3.8) is 0 Å². The third-order valence-electron chi connectivity index (χ3n) is 2.95. The van der Waals surface area contributed by atoms with Gasteiger partial charge in [0, 0.05) is 10.8 Å². The van der Waals surface area contributed by atoms with Crippen LogP contribution in [0.2, 0.25) is 0 Å². The van der Waals surface area contributed by atoms with Crippen LogP contribution in [0.3, 0.4) is 0 Å². The second kappa shape index (κ2) is 6.30. The highest BCUT2D eigenvalue weighted by Gasteiger charge is 2.18. The summed E-state index contributed by atoms with van der Waals surface area (Å²) in [4.78, 5) is 4.50. The van der Waals surface area contributed by atoms with E-state index in [2.05, 4.69) is 25.3 Å². The Morgan fingerprint density at radius 3 is 2.89 bits per heavy atom. The Labute approximate surface area is 128 Å². The Kier molecular flexibility index (Phi) is 4.47. The number of thiazole rings is 1. The molecule has 2 heterocycles. The standard InChI is InChI=1S/C12H13BrN2O2S2/c13-10-7-19-15-12(10)17-4-8-6-18-11(14-8)5-16-9-2-1-3-9/h6-7,9H,1-5H2. The predicted octanol–water partition coefficient (Wildman–Crippen LogP) is 4.01. The predicted molar refractivity (Wildman–Crippen MR) is 78.7 cm³/mol. The molecule has 19 heavy (non-hydrogen) atoms. The summed E-state index contributed by atoms with van der Waals surface area (Å²) in [5, 5.41) is 4.93. The molecule has 0 amide bonds. The van der Waals surface area contributed by atoms with Crippen molar-refractivity contribution in [2.75, 3.05) is 0 Å². The number of hydrogen-bond donors (Lipinski definition) is 0. The van der Waals surface area contributed by atoms with Crippen LogP contribution in [0.15, 0.2) is 15.2 Å². The van der Waals surface area contributed by atoms with Crippen LogP contribution < -0.4 is 4.74 Å². The van der Waals surface area contributed by atoms with Gasteiger partial charge in [-0.2, -0.15) is 4.37 Å². The molecule has 1 aliphatic carbocycles. The molecule has 0 aliphatic heterocycles. The number of hydrogen-bond acceptors (Lipinski definition) is 6. The average molecular weight is 361 g/mol. The van der Waals surface area contributed by atoms with Crippen LogP contribution in [-0.4, -0.2) is 15.5 Å². The first-order valence-electron chi connectivity index (χ1n) is 6.09. The topological polar surface area (TPSA) is 44.2 Å². The quantitative estimate of drug-likeness (QED) is 0.780. The number of aromatic nitrogens is 2. The normalized spacial score (nSPS) is 15.4. The maximum Gasteiger partial charge on any atom is 0.240 e. The summed E-state index contributed by atoms with van der Waals surface area (Å²) in [6.45, 7) is 1.07. The van der Waals surface area contributed by atoms with Crippen LogP contribution in [-0.2, 0) is 18.0 Å². The molecule has 0 saturated heterocycles. The Morgan fingerprint density at radius 2 is 2.21 bits per heavy atom. The zero-order valence-corrected chi connectivity index (χ0v) is 13.4. The van der Waals surface area contributed by atoms with Gasteiger partial charge in [-0.1, -0.05) is 0 Å². The second-order valence-electron chi connectivity index (χ2n) is 4.35. The first-order chi connectivity index (χ1) is 9.31. The molecule has 3 rings (SSSR count). The van der Waals surface area contributed by atoms with E-state index in [1.54, 1.807) is 11.3 Å². The zero-order valence-electron chi connectivity index (χ0n) is 10.2. The van der Waals surface area contributed by atoms with Crippen molar-refractivity contribution in [2.45, 2.75) is 38.6 Å². The zero-order chi connectivity index (χ0) is 13.1. The lowest BCUT2D eigenvalue weighted by Crippen LogP contribution is -2.21. The number of nitrogens with zero attached hydrogens (tertiary/aromatic N) is 2. The van der Waals surface area contributed by atoms with Crippen molar-refractivity contribution < 1.29 is 9.47 Å². The lowest BCUT2D eigenvalue weighted by atomic mass is 9.96. The summed E-state index contributed by atoms with van der Waals surface area (Å²) in [5.41, 5.74) is 0.928. The van der Waals surface area contributed by atoms with E-state index in [0.29, 0.717) is 25.2 Å². The lowest BCUT2D eigenvalue weighted by molar-refractivity contribution is -0.00879. The maximum absolute atomic E-state index is 5.74. The van der Waals surface area contributed by atoms with Gasteiger partial charge >= 0.3 is 0 Å². The fourth-order valence-electron chi connectivity index (χ4n) is 1.66. The monoisotopic (exact) mass is 360 g/mol. The first-order valence-corrected chi connectivity index (χ1v) is 8.60. The van der Waals surface area contributed by atoms with Crippen LogP contribution in [0.5, 0.6) is 5.88 Å². The van der Waals surface area contributed by atoms with E-state index in [0.717, 1.165) is 15.2 Å². The van der Waals surface area contributed by atoms with E-state index in [1.165, 1.54) is 30.8 Å². The van der Waals surface area contributed by atoms with E-state index in [4.69, 9.17) is 9.47 Å². The Balaban J connectivity index is 1.48. The van der Waals surface area contributed by atoms with Gasteiger partial charge in [0.05, 0.1) is 22.9 Å². The number of halogens is 1. The number of ether oxygens (including phenoxy) is 2. The highest BCUT2D eigenvalue weighted by Crippen LogP contribution is 2.26. The van der Waals surface area contributed by atoms with Gasteiger partial charge in [0.2, 0.25) is 5.88 Å². The molecule has 7 heteroatoms. The molecular weight excluding hydrogens is 348 g/mol. The van der Waals surface area contributed by atoms with Gasteiger partial charge in [-0.05, 0) is 46.7 Å². The molecule has 0 unspecified atom stereocenters. The summed E-state index contributed by atoms with van der Waals surface area (Å²) >= 11 is 6.37. The van der Waals surface area contributed by atoms with Gasteiger partial charge in [-0.3, -0.25) is 0 Å². The molecule has 0 radical (unpaired) electrons. The van der Waals surface area contributed by atoms with Crippen LogP contribution in [0.4, 0.5) is 0 Å². The molecule has 0 spiro atoms. The smallest absolute Gasteiger partial charge is 0.240 e. The van der Waals surface area contributed by atoms with Gasteiger partial charge < -0.3 is 9.47 Å². The van der Waals surface area contributed by atoms with Gasteiger partial charge in [-0.15, -0.1) is 11.3 Å². The summed E-state index contributed by atoms with van der Waals surface area (Å²) in [7, 11) is 0. The Hall–Kier alpha value is -0.500. The van der Waals surface area contributed by atoms with Gasteiger partial charge in [0.1, 0.15) is 11.6 Å². The van der Waals surface area contributed by atoms with Crippen LogP contribution in [0.25, 0.3) is 0 Å². The van der Waals surface area contributed by atoms with E-state index in [-0.39, 0.29) is 0 Å². The van der Waals surface area contributed by atoms with Gasteiger partial charge in [0.15, 0.2) is 0 Å². The van der Waals surface area contributed by atoms with E-state index in [1.807, 2.05) is 10.8 Å².